The molecule has 52 heavy (non-hydrogen) atoms. The van der Waals surface area contributed by atoms with Gasteiger partial charge in [0.25, 0.3) is 0 Å². The van der Waals surface area contributed by atoms with E-state index in [1.54, 1.807) is 0 Å². The molecular formula is C47H91N3O2. The van der Waals surface area contributed by atoms with Crippen LogP contribution in [0.5, 0.6) is 0 Å². The summed E-state index contributed by atoms with van der Waals surface area (Å²) in [5.74, 6) is 1.45. The average molecular weight is 730 g/mol. The first-order chi connectivity index (χ1) is 25.5. The van der Waals surface area contributed by atoms with E-state index in [-0.39, 0.29) is 23.9 Å². The van der Waals surface area contributed by atoms with Gasteiger partial charge >= 0.3 is 0 Å². The summed E-state index contributed by atoms with van der Waals surface area (Å²) in [6.07, 6.45) is 41.9. The number of hydrogen-bond donors (Lipinski definition) is 1. The average Bonchev–Trinajstić information content (AvgIpc) is 3.42. The topological polar surface area (TPSA) is 52.7 Å². The van der Waals surface area contributed by atoms with Crippen LogP contribution in [-0.4, -0.2) is 60.4 Å². The number of rotatable bonds is 32. The smallest absolute Gasteiger partial charge is 0.243 e. The predicted octanol–water partition coefficient (Wildman–Crippen LogP) is 13.2. The fourth-order valence-electron chi connectivity index (χ4n) is 9.05. The van der Waals surface area contributed by atoms with Gasteiger partial charge in [0.1, 0.15) is 6.04 Å². The molecule has 0 bridgehead atoms. The van der Waals surface area contributed by atoms with E-state index in [2.05, 4.69) is 42.9 Å². The van der Waals surface area contributed by atoms with Crippen molar-refractivity contribution in [3.8, 4) is 0 Å². The minimum Gasteiger partial charge on any atom is -0.352 e. The lowest BCUT2D eigenvalue weighted by Crippen LogP contribution is -2.54. The molecule has 2 rings (SSSR count). The summed E-state index contributed by atoms with van der Waals surface area (Å²) in [7, 11) is 2.23. The number of unbranched alkanes of at least 4 members (excludes halogenated alkanes) is 19. The quantitative estimate of drug-likeness (QED) is 0.0554. The first-order valence-electron chi connectivity index (χ1n) is 23.8. The highest BCUT2D eigenvalue weighted by molar-refractivity contribution is 5.88. The second kappa shape index (κ2) is 32.2. The van der Waals surface area contributed by atoms with E-state index in [0.717, 1.165) is 64.6 Å². The van der Waals surface area contributed by atoms with Crippen LogP contribution in [-0.2, 0) is 9.59 Å². The summed E-state index contributed by atoms with van der Waals surface area (Å²) < 4.78 is 0. The van der Waals surface area contributed by atoms with Crippen LogP contribution in [0.15, 0.2) is 0 Å². The van der Waals surface area contributed by atoms with Crippen LogP contribution >= 0.6 is 0 Å². The summed E-state index contributed by atoms with van der Waals surface area (Å²) in [6, 6.07) is -0.0419. The number of piperidine rings is 1. The van der Waals surface area contributed by atoms with Gasteiger partial charge in [-0.05, 0) is 83.3 Å². The molecule has 0 spiro atoms. The molecule has 2 atom stereocenters. The van der Waals surface area contributed by atoms with Gasteiger partial charge in [0.15, 0.2) is 0 Å². The molecule has 2 aliphatic rings. The van der Waals surface area contributed by atoms with E-state index in [9.17, 15) is 9.59 Å². The van der Waals surface area contributed by atoms with Gasteiger partial charge < -0.3 is 15.1 Å². The maximum Gasteiger partial charge on any atom is 0.243 e. The molecule has 0 radical (unpaired) electrons. The van der Waals surface area contributed by atoms with Gasteiger partial charge in [-0.2, -0.15) is 0 Å². The van der Waals surface area contributed by atoms with Crippen LogP contribution in [0.3, 0.4) is 0 Å². The van der Waals surface area contributed by atoms with Crippen molar-refractivity contribution >= 4 is 11.8 Å². The standard InChI is InChI=1S/C47H91N3O2/c1-5-8-11-14-17-19-22-27-32-43(31-26-21-16-13-10-7-3)41-50(46(51)35-30-23-20-18-15-12-9-6-2)45(40-42-36-38-49(4)39-37-42)47(52)48-44-33-28-24-25-29-34-44/h42-45H,5-41H2,1-4H3,(H,48,52). The van der Waals surface area contributed by atoms with E-state index in [1.165, 1.54) is 167 Å². The van der Waals surface area contributed by atoms with Crippen LogP contribution in [0.1, 0.15) is 239 Å². The van der Waals surface area contributed by atoms with E-state index in [0.29, 0.717) is 18.3 Å². The zero-order valence-electron chi connectivity index (χ0n) is 35.7. The molecule has 0 aromatic carbocycles. The van der Waals surface area contributed by atoms with Crippen LogP contribution < -0.4 is 5.32 Å². The molecule has 2 unspecified atom stereocenters. The lowest BCUT2D eigenvalue weighted by Gasteiger charge is -2.38. The monoisotopic (exact) mass is 730 g/mol. The SMILES string of the molecule is CCCCCCCCCCC(=O)N(CC(CCCCCCCC)CCCCCCCCCC)C(CC1CCN(C)CC1)C(=O)NC1CCCCCC1. The Balaban J connectivity index is 2.22. The number of nitrogens with zero attached hydrogens (tertiary/aromatic N) is 2. The maximum absolute atomic E-state index is 14.5. The molecule has 2 amide bonds. The third-order valence-electron chi connectivity index (χ3n) is 12.7. The Hall–Kier alpha value is -1.10. The van der Waals surface area contributed by atoms with E-state index in [1.807, 2.05) is 0 Å². The van der Waals surface area contributed by atoms with Crippen molar-refractivity contribution in [3.63, 3.8) is 0 Å². The molecule has 1 saturated carbocycles. The largest absolute Gasteiger partial charge is 0.352 e. The first kappa shape index (κ1) is 47.1. The van der Waals surface area contributed by atoms with Crippen LogP contribution in [0.4, 0.5) is 0 Å². The normalized spacial score (nSPS) is 17.5. The van der Waals surface area contributed by atoms with Crippen molar-refractivity contribution in [1.82, 2.24) is 15.1 Å². The van der Waals surface area contributed by atoms with Gasteiger partial charge in [-0.25, -0.2) is 0 Å². The maximum atomic E-state index is 14.5. The van der Waals surface area contributed by atoms with Crippen molar-refractivity contribution in [2.45, 2.75) is 251 Å². The molecule has 2 fully saturated rings. The highest BCUT2D eigenvalue weighted by Gasteiger charge is 2.35. The number of hydrogen-bond acceptors (Lipinski definition) is 3. The molecular weight excluding hydrogens is 639 g/mol. The minimum absolute atomic E-state index is 0.167. The molecule has 1 saturated heterocycles. The molecule has 0 aromatic rings. The highest BCUT2D eigenvalue weighted by atomic mass is 16.2. The number of amides is 2. The van der Waals surface area contributed by atoms with E-state index >= 15 is 0 Å². The van der Waals surface area contributed by atoms with Gasteiger partial charge in [-0.15, -0.1) is 0 Å². The third kappa shape index (κ3) is 23.0. The van der Waals surface area contributed by atoms with Gasteiger partial charge in [0, 0.05) is 19.0 Å². The van der Waals surface area contributed by atoms with Crippen LogP contribution in [0.25, 0.3) is 0 Å². The Morgan fingerprint density at radius 3 is 1.52 bits per heavy atom. The summed E-state index contributed by atoms with van der Waals surface area (Å²) in [4.78, 5) is 33.7. The zero-order valence-corrected chi connectivity index (χ0v) is 35.7. The first-order valence-corrected chi connectivity index (χ1v) is 23.8. The van der Waals surface area contributed by atoms with Crippen LogP contribution in [0, 0.1) is 11.8 Å². The van der Waals surface area contributed by atoms with Crippen molar-refractivity contribution in [2.75, 3.05) is 26.7 Å². The number of carbonyl (C=O) groups is 2. The van der Waals surface area contributed by atoms with Gasteiger partial charge in [0.05, 0.1) is 0 Å². The predicted molar refractivity (Wildman–Crippen MR) is 226 cm³/mol. The Morgan fingerprint density at radius 1 is 0.596 bits per heavy atom. The van der Waals surface area contributed by atoms with E-state index < -0.39 is 0 Å². The molecule has 1 heterocycles. The van der Waals surface area contributed by atoms with Crippen LogP contribution in [0.2, 0.25) is 0 Å². The zero-order chi connectivity index (χ0) is 37.5. The Labute approximate surface area is 325 Å². The molecule has 5 heteroatoms. The lowest BCUT2D eigenvalue weighted by molar-refractivity contribution is -0.142. The summed E-state index contributed by atoms with van der Waals surface area (Å²) in [5, 5.41) is 3.58. The Morgan fingerprint density at radius 2 is 1.04 bits per heavy atom. The van der Waals surface area contributed by atoms with Gasteiger partial charge in [0.2, 0.25) is 11.8 Å². The Kier molecular flexibility index (Phi) is 29.1. The second-order valence-electron chi connectivity index (χ2n) is 17.7. The van der Waals surface area contributed by atoms with Gasteiger partial charge in [-0.3, -0.25) is 9.59 Å². The van der Waals surface area contributed by atoms with Crippen molar-refractivity contribution < 1.29 is 9.59 Å². The van der Waals surface area contributed by atoms with Crippen molar-refractivity contribution in [3.05, 3.63) is 0 Å². The van der Waals surface area contributed by atoms with E-state index in [4.69, 9.17) is 0 Å². The fraction of sp³-hybridized carbons (Fsp3) is 0.957. The highest BCUT2D eigenvalue weighted by Crippen LogP contribution is 2.28. The van der Waals surface area contributed by atoms with Crippen molar-refractivity contribution in [2.24, 2.45) is 11.8 Å². The lowest BCUT2D eigenvalue weighted by atomic mass is 9.87. The van der Waals surface area contributed by atoms with Crippen molar-refractivity contribution in [1.29, 1.82) is 0 Å². The summed E-state index contributed by atoms with van der Waals surface area (Å²) >= 11 is 0. The molecule has 306 valence electrons. The van der Waals surface area contributed by atoms with Gasteiger partial charge in [-0.1, -0.05) is 181 Å². The molecule has 1 aliphatic heterocycles. The summed E-state index contributed by atoms with van der Waals surface area (Å²) in [6.45, 7) is 9.87. The molecule has 1 aliphatic carbocycles. The molecule has 5 nitrogen and oxygen atoms in total. The number of carbonyl (C=O) groups excluding carboxylic acids is 2. The minimum atomic E-state index is -0.316. The second-order valence-corrected chi connectivity index (χ2v) is 17.7. The molecule has 0 aromatic heterocycles. The molecule has 1 N–H and O–H groups in total. The fourth-order valence-corrected chi connectivity index (χ4v) is 9.05. The summed E-state index contributed by atoms with van der Waals surface area (Å²) in [5.41, 5.74) is 0. The Bertz CT molecular complexity index is 832. The number of likely N-dealkylation sites (tertiary alicyclic amines) is 1. The number of nitrogens with one attached hydrogen (secondary N) is 1. The third-order valence-corrected chi connectivity index (χ3v) is 12.7.